The summed E-state index contributed by atoms with van der Waals surface area (Å²) in [5, 5.41) is 11.1. The largest absolute Gasteiger partial charge is 1.00 e. The van der Waals surface area contributed by atoms with Crippen LogP contribution in [0, 0.1) is 0 Å². The summed E-state index contributed by atoms with van der Waals surface area (Å²) in [6.45, 7) is 0. The van der Waals surface area contributed by atoms with Gasteiger partial charge in [0.05, 0.1) is 0 Å². The number of rotatable bonds is 1. The van der Waals surface area contributed by atoms with Gasteiger partial charge in [-0.25, -0.2) is 0 Å². The van der Waals surface area contributed by atoms with Crippen molar-refractivity contribution in [2.75, 3.05) is 0 Å². The fraction of sp³-hybridized carbons (Fsp3) is 0.333. The average Bonchev–Trinajstić information content (AvgIpc) is 2.14. The molecule has 0 N–H and O–H groups in total. The molecule has 17 heavy (non-hydrogen) atoms. The van der Waals surface area contributed by atoms with Gasteiger partial charge in [0.15, 0.2) is 0 Å². The molecule has 0 aliphatic carbocycles. The van der Waals surface area contributed by atoms with E-state index in [4.69, 9.17) is 0 Å². The third-order valence-corrected chi connectivity index (χ3v) is 1.98. The van der Waals surface area contributed by atoms with Gasteiger partial charge in [-0.3, -0.25) is 0 Å². The van der Waals surface area contributed by atoms with Crippen molar-refractivity contribution in [2.24, 2.45) is 0 Å². The third-order valence-electron chi connectivity index (χ3n) is 1.98. The molecule has 0 saturated carbocycles. The molecule has 0 saturated heterocycles. The third kappa shape index (κ3) is 3.24. The van der Waals surface area contributed by atoms with Gasteiger partial charge in [0, 0.05) is 0 Å². The van der Waals surface area contributed by atoms with E-state index in [-0.39, 0.29) is 51.4 Å². The number of hydrogen-bond donors (Lipinski definition) is 0. The van der Waals surface area contributed by atoms with Crippen molar-refractivity contribution >= 4 is 0 Å². The number of alkyl halides is 6. The summed E-state index contributed by atoms with van der Waals surface area (Å²) in [4.78, 5) is 0. The second-order valence-corrected chi connectivity index (χ2v) is 3.04. The van der Waals surface area contributed by atoms with Gasteiger partial charge in [-0.2, -0.15) is 26.3 Å². The van der Waals surface area contributed by atoms with Crippen LogP contribution < -0.4 is 56.5 Å². The van der Waals surface area contributed by atoms with E-state index in [1.54, 1.807) is 0 Å². The molecule has 1 aromatic carbocycles. The van der Waals surface area contributed by atoms with E-state index < -0.39 is 23.5 Å². The Balaban J connectivity index is 0.00000256. The van der Waals surface area contributed by atoms with Gasteiger partial charge in [-0.1, -0.05) is 30.3 Å². The Hall–Kier alpha value is 0.396. The minimum Gasteiger partial charge on any atom is -0.833 e. The van der Waals surface area contributed by atoms with Crippen LogP contribution in [-0.2, 0) is 5.60 Å². The molecule has 90 valence electrons. The van der Waals surface area contributed by atoms with Crippen LogP contribution >= 0.6 is 0 Å². The minimum atomic E-state index is -5.94. The van der Waals surface area contributed by atoms with Gasteiger partial charge >= 0.3 is 63.7 Å². The standard InChI is InChI=1S/C9H5F6O.K/c10-8(11,12)7(16,9(13,14)15)6-4-2-1-3-5-6;/h1-5H;/q-1;+1. The smallest absolute Gasteiger partial charge is 0.833 e. The van der Waals surface area contributed by atoms with Gasteiger partial charge in [0.25, 0.3) is 0 Å². The Labute approximate surface area is 135 Å². The van der Waals surface area contributed by atoms with Crippen LogP contribution in [0.5, 0.6) is 0 Å². The van der Waals surface area contributed by atoms with Crippen LogP contribution in [0.4, 0.5) is 26.3 Å². The molecule has 0 bridgehead atoms. The molecule has 0 radical (unpaired) electrons. The molecule has 1 nitrogen and oxygen atoms in total. The predicted octanol–water partition coefficient (Wildman–Crippen LogP) is -0.629. The van der Waals surface area contributed by atoms with Crippen LogP contribution in [0.1, 0.15) is 5.56 Å². The molecule has 0 heterocycles. The van der Waals surface area contributed by atoms with Crippen molar-refractivity contribution in [1.82, 2.24) is 0 Å². The van der Waals surface area contributed by atoms with E-state index in [0.717, 1.165) is 12.1 Å². The summed E-state index contributed by atoms with van der Waals surface area (Å²) in [5.41, 5.74) is -6.45. The molecule has 1 rings (SSSR count). The van der Waals surface area contributed by atoms with Crippen molar-refractivity contribution < 1.29 is 82.8 Å². The molecular formula is C9H5F6KO. The van der Waals surface area contributed by atoms with Crippen molar-refractivity contribution in [1.29, 1.82) is 0 Å². The normalized spacial score (nSPS) is 13.1. The van der Waals surface area contributed by atoms with Crippen molar-refractivity contribution in [2.45, 2.75) is 18.0 Å². The van der Waals surface area contributed by atoms with Gasteiger partial charge < -0.3 is 5.11 Å². The summed E-state index contributed by atoms with van der Waals surface area (Å²) >= 11 is 0. The topological polar surface area (TPSA) is 23.1 Å². The Bertz CT molecular complexity index is 344. The Kier molecular flexibility index (Phi) is 5.71. The minimum absolute atomic E-state index is 0. The van der Waals surface area contributed by atoms with Gasteiger partial charge in [-0.15, -0.1) is 0 Å². The van der Waals surface area contributed by atoms with E-state index in [9.17, 15) is 31.4 Å². The second kappa shape index (κ2) is 5.58. The molecular weight excluding hydrogens is 277 g/mol. The number of benzene rings is 1. The van der Waals surface area contributed by atoms with E-state index in [0.29, 0.717) is 12.1 Å². The first-order valence-corrected chi connectivity index (χ1v) is 4.00. The zero-order valence-corrected chi connectivity index (χ0v) is 11.7. The van der Waals surface area contributed by atoms with E-state index >= 15 is 0 Å². The molecule has 1 aromatic rings. The number of hydrogen-bond acceptors (Lipinski definition) is 1. The van der Waals surface area contributed by atoms with Crippen molar-refractivity contribution in [3.8, 4) is 0 Å². The monoisotopic (exact) mass is 282 g/mol. The molecule has 0 amide bonds. The molecule has 0 unspecified atom stereocenters. The Morgan fingerprint density at radius 3 is 1.41 bits per heavy atom. The van der Waals surface area contributed by atoms with E-state index in [1.165, 1.54) is 6.07 Å². The zero-order valence-electron chi connectivity index (χ0n) is 8.56. The molecule has 0 aromatic heterocycles. The fourth-order valence-electron chi connectivity index (χ4n) is 1.16. The van der Waals surface area contributed by atoms with Gasteiger partial charge in [0.1, 0.15) is 5.60 Å². The summed E-state index contributed by atoms with van der Waals surface area (Å²) in [5.74, 6) is 0. The maximum Gasteiger partial charge on any atom is 1.00 e. The van der Waals surface area contributed by atoms with Gasteiger partial charge in [-0.05, 0) is 5.56 Å². The molecule has 8 heteroatoms. The van der Waals surface area contributed by atoms with E-state index in [2.05, 4.69) is 0 Å². The van der Waals surface area contributed by atoms with Crippen LogP contribution in [-0.4, -0.2) is 12.4 Å². The number of halogens is 6. The summed E-state index contributed by atoms with van der Waals surface area (Å²) in [6, 6.07) is 4.12. The quantitative estimate of drug-likeness (QED) is 0.497. The van der Waals surface area contributed by atoms with Crippen LogP contribution in [0.15, 0.2) is 30.3 Å². The maximum atomic E-state index is 12.3. The molecule has 0 aliphatic heterocycles. The summed E-state index contributed by atoms with van der Waals surface area (Å²) in [7, 11) is 0. The Morgan fingerprint density at radius 2 is 1.12 bits per heavy atom. The van der Waals surface area contributed by atoms with Crippen molar-refractivity contribution in [3.63, 3.8) is 0 Å². The van der Waals surface area contributed by atoms with Gasteiger partial charge in [0.2, 0.25) is 0 Å². The molecule has 0 aliphatic rings. The molecule has 0 spiro atoms. The maximum absolute atomic E-state index is 12.3. The van der Waals surface area contributed by atoms with Crippen LogP contribution in [0.2, 0.25) is 0 Å². The SMILES string of the molecule is [K+].[O-]C(c1ccccc1)(C(F)(F)F)C(F)(F)F. The van der Waals surface area contributed by atoms with E-state index in [1.807, 2.05) is 0 Å². The average molecular weight is 282 g/mol. The second-order valence-electron chi connectivity index (χ2n) is 3.04. The predicted molar refractivity (Wildman–Crippen MR) is 40.2 cm³/mol. The first-order valence-electron chi connectivity index (χ1n) is 4.00. The first-order chi connectivity index (χ1) is 7.11. The molecule has 0 fully saturated rings. The summed E-state index contributed by atoms with van der Waals surface area (Å²) in [6.07, 6.45) is -11.9. The van der Waals surface area contributed by atoms with Crippen molar-refractivity contribution in [3.05, 3.63) is 35.9 Å². The first kappa shape index (κ1) is 17.4. The summed E-state index contributed by atoms with van der Waals surface area (Å²) < 4.78 is 73.5. The Morgan fingerprint density at radius 1 is 0.765 bits per heavy atom. The van der Waals surface area contributed by atoms with Crippen LogP contribution in [0.25, 0.3) is 0 Å². The molecule has 0 atom stereocenters. The zero-order chi connectivity index (χ0) is 12.6. The van der Waals surface area contributed by atoms with Crippen LogP contribution in [0.3, 0.4) is 0 Å². The fourth-order valence-corrected chi connectivity index (χ4v) is 1.16.